The minimum absolute atomic E-state index is 0.0506. The predicted octanol–water partition coefficient (Wildman–Crippen LogP) is 4.21. The number of carbonyl (C=O) groups is 1. The number of nitro benzene ring substituents is 1. The summed E-state index contributed by atoms with van der Waals surface area (Å²) in [6, 6.07) is 9.43. The van der Waals surface area contributed by atoms with Gasteiger partial charge in [0.1, 0.15) is 4.90 Å². The highest BCUT2D eigenvalue weighted by molar-refractivity contribution is 9.10. The summed E-state index contributed by atoms with van der Waals surface area (Å²) in [7, 11) is -4.09. The highest BCUT2D eigenvalue weighted by Crippen LogP contribution is 2.31. The first-order valence-electron chi connectivity index (χ1n) is 8.89. The van der Waals surface area contributed by atoms with E-state index in [1.165, 1.54) is 18.2 Å². The first kappa shape index (κ1) is 20.5. The van der Waals surface area contributed by atoms with E-state index < -0.39 is 25.3 Å². The fourth-order valence-electron chi connectivity index (χ4n) is 3.22. The van der Waals surface area contributed by atoms with Gasteiger partial charge in [0.2, 0.25) is 9.84 Å². The maximum atomic E-state index is 12.9. The number of carbonyl (C=O) groups excluding carboxylic acids is 1. The predicted molar refractivity (Wildman–Crippen MR) is 107 cm³/mol. The third-order valence-corrected chi connectivity index (χ3v) is 7.06. The lowest BCUT2D eigenvalue weighted by Crippen LogP contribution is -2.31. The molecule has 0 radical (unpaired) electrons. The van der Waals surface area contributed by atoms with Gasteiger partial charge in [-0.15, -0.1) is 0 Å². The Labute approximate surface area is 171 Å². The molecule has 0 spiro atoms. The van der Waals surface area contributed by atoms with E-state index >= 15 is 0 Å². The smallest absolute Gasteiger partial charge is 0.289 e. The van der Waals surface area contributed by atoms with Crippen LogP contribution in [-0.4, -0.2) is 37.2 Å². The van der Waals surface area contributed by atoms with Crippen LogP contribution in [0.4, 0.5) is 5.69 Å². The Morgan fingerprint density at radius 2 is 1.61 bits per heavy atom. The van der Waals surface area contributed by atoms with Crippen molar-refractivity contribution in [2.75, 3.05) is 13.1 Å². The molecule has 1 heterocycles. The molecule has 3 rings (SSSR count). The minimum atomic E-state index is -4.09. The summed E-state index contributed by atoms with van der Waals surface area (Å²) in [6.07, 6.45) is 3.89. The van der Waals surface area contributed by atoms with Crippen LogP contribution < -0.4 is 0 Å². The van der Waals surface area contributed by atoms with Gasteiger partial charge in [0.05, 0.1) is 9.82 Å². The van der Waals surface area contributed by atoms with E-state index in [9.17, 15) is 23.3 Å². The van der Waals surface area contributed by atoms with Gasteiger partial charge in [0.25, 0.3) is 11.6 Å². The highest BCUT2D eigenvalue weighted by atomic mass is 79.9. The third kappa shape index (κ3) is 4.25. The summed E-state index contributed by atoms with van der Waals surface area (Å²) >= 11 is 3.23. The van der Waals surface area contributed by atoms with Gasteiger partial charge >= 0.3 is 0 Å². The van der Waals surface area contributed by atoms with Gasteiger partial charge < -0.3 is 4.90 Å². The molecule has 1 amide bonds. The molecule has 1 saturated heterocycles. The summed E-state index contributed by atoms with van der Waals surface area (Å²) < 4.78 is 26.5. The van der Waals surface area contributed by atoms with Crippen LogP contribution in [0.5, 0.6) is 0 Å². The van der Waals surface area contributed by atoms with Gasteiger partial charge in [-0.05, 0) is 49.2 Å². The van der Waals surface area contributed by atoms with Gasteiger partial charge in [0, 0.05) is 29.2 Å². The first-order chi connectivity index (χ1) is 13.3. The summed E-state index contributed by atoms with van der Waals surface area (Å²) in [4.78, 5) is 24.8. The minimum Gasteiger partial charge on any atom is -0.339 e. The zero-order chi connectivity index (χ0) is 20.3. The van der Waals surface area contributed by atoms with E-state index in [4.69, 9.17) is 0 Å². The van der Waals surface area contributed by atoms with Crippen LogP contribution in [0.15, 0.2) is 56.7 Å². The molecule has 9 heteroatoms. The molecular weight excluding hydrogens is 448 g/mol. The maximum absolute atomic E-state index is 12.9. The Balaban J connectivity index is 2.01. The normalized spacial score (nSPS) is 15.1. The molecule has 0 bridgehead atoms. The number of amides is 1. The molecule has 7 nitrogen and oxygen atoms in total. The average Bonchev–Trinajstić information content (AvgIpc) is 2.96. The van der Waals surface area contributed by atoms with Crippen LogP contribution in [0.25, 0.3) is 0 Å². The van der Waals surface area contributed by atoms with Gasteiger partial charge in [-0.25, -0.2) is 8.42 Å². The second kappa shape index (κ2) is 8.40. The summed E-state index contributed by atoms with van der Waals surface area (Å²) in [5, 5.41) is 11.6. The highest BCUT2D eigenvalue weighted by Gasteiger charge is 2.29. The molecule has 1 fully saturated rings. The zero-order valence-electron chi connectivity index (χ0n) is 15.0. The maximum Gasteiger partial charge on any atom is 0.289 e. The van der Waals surface area contributed by atoms with Gasteiger partial charge in [-0.3, -0.25) is 14.9 Å². The molecule has 28 heavy (non-hydrogen) atoms. The van der Waals surface area contributed by atoms with Crippen molar-refractivity contribution in [3.8, 4) is 0 Å². The van der Waals surface area contributed by atoms with Crippen molar-refractivity contribution in [3.05, 3.63) is 62.6 Å². The number of nitro groups is 1. The second-order valence-corrected chi connectivity index (χ2v) is 9.44. The molecule has 0 atom stereocenters. The number of rotatable bonds is 4. The van der Waals surface area contributed by atoms with Crippen molar-refractivity contribution in [3.63, 3.8) is 0 Å². The zero-order valence-corrected chi connectivity index (χ0v) is 17.4. The number of halogens is 1. The monoisotopic (exact) mass is 466 g/mol. The van der Waals surface area contributed by atoms with Gasteiger partial charge in [-0.1, -0.05) is 28.8 Å². The van der Waals surface area contributed by atoms with Gasteiger partial charge in [-0.2, -0.15) is 0 Å². The lowest BCUT2D eigenvalue weighted by atomic mass is 10.1. The molecule has 0 aromatic heterocycles. The number of hydrogen-bond acceptors (Lipinski definition) is 5. The third-order valence-electron chi connectivity index (χ3n) is 4.71. The Kier molecular flexibility index (Phi) is 6.14. The SMILES string of the molecule is O=C(c1ccc(S(=O)(=O)c2ccc(Br)cc2)c([N+](=O)[O-])c1)N1CCCCCC1. The van der Waals surface area contributed by atoms with Crippen molar-refractivity contribution < 1.29 is 18.1 Å². The van der Waals surface area contributed by atoms with Crippen molar-refractivity contribution >= 4 is 37.4 Å². The van der Waals surface area contributed by atoms with E-state index in [0.717, 1.165) is 37.8 Å². The molecule has 0 aliphatic carbocycles. The number of likely N-dealkylation sites (tertiary alicyclic amines) is 1. The molecule has 1 aliphatic rings. The molecule has 0 unspecified atom stereocenters. The first-order valence-corrected chi connectivity index (χ1v) is 11.2. The summed E-state index contributed by atoms with van der Waals surface area (Å²) in [5.41, 5.74) is -0.466. The Hall–Kier alpha value is -2.26. The second-order valence-electron chi connectivity index (χ2n) is 6.60. The van der Waals surface area contributed by atoms with E-state index in [2.05, 4.69) is 15.9 Å². The quantitative estimate of drug-likeness (QED) is 0.496. The number of nitrogens with zero attached hydrogens (tertiary/aromatic N) is 2. The largest absolute Gasteiger partial charge is 0.339 e. The van der Waals surface area contributed by atoms with Crippen LogP contribution in [0.2, 0.25) is 0 Å². The lowest BCUT2D eigenvalue weighted by Gasteiger charge is -2.20. The van der Waals surface area contributed by atoms with Crippen LogP contribution >= 0.6 is 15.9 Å². The topological polar surface area (TPSA) is 97.6 Å². The van der Waals surface area contributed by atoms with Crippen molar-refractivity contribution in [2.24, 2.45) is 0 Å². The fraction of sp³-hybridized carbons (Fsp3) is 0.316. The molecule has 0 N–H and O–H groups in total. The lowest BCUT2D eigenvalue weighted by molar-refractivity contribution is -0.387. The van der Waals surface area contributed by atoms with E-state index in [1.54, 1.807) is 17.0 Å². The molecular formula is C19H19BrN2O5S. The van der Waals surface area contributed by atoms with Crippen molar-refractivity contribution in [1.82, 2.24) is 4.90 Å². The van der Waals surface area contributed by atoms with E-state index in [1.807, 2.05) is 0 Å². The molecule has 148 valence electrons. The summed E-state index contributed by atoms with van der Waals surface area (Å²) in [5.74, 6) is -0.308. The number of sulfone groups is 1. The Bertz CT molecular complexity index is 997. The van der Waals surface area contributed by atoms with Crippen LogP contribution in [0, 0.1) is 10.1 Å². The van der Waals surface area contributed by atoms with E-state index in [0.29, 0.717) is 17.6 Å². The standard InChI is InChI=1S/C19H19BrN2O5S/c20-15-6-8-16(9-7-15)28(26,27)18-10-5-14(13-17(18)22(24)25)19(23)21-11-3-1-2-4-12-21/h5-10,13H,1-4,11-12H2. The van der Waals surface area contributed by atoms with Crippen molar-refractivity contribution in [2.45, 2.75) is 35.5 Å². The Morgan fingerprint density at radius 3 is 2.18 bits per heavy atom. The number of hydrogen-bond donors (Lipinski definition) is 0. The van der Waals surface area contributed by atoms with Crippen LogP contribution in [0.3, 0.4) is 0 Å². The molecule has 2 aromatic carbocycles. The van der Waals surface area contributed by atoms with E-state index in [-0.39, 0.29) is 16.4 Å². The number of benzene rings is 2. The molecule has 1 aliphatic heterocycles. The molecule has 0 saturated carbocycles. The Morgan fingerprint density at radius 1 is 1.00 bits per heavy atom. The average molecular weight is 467 g/mol. The van der Waals surface area contributed by atoms with Crippen LogP contribution in [0.1, 0.15) is 36.0 Å². The van der Waals surface area contributed by atoms with Gasteiger partial charge in [0.15, 0.2) is 0 Å². The summed E-state index contributed by atoms with van der Waals surface area (Å²) in [6.45, 7) is 1.21. The van der Waals surface area contributed by atoms with Crippen molar-refractivity contribution in [1.29, 1.82) is 0 Å². The fourth-order valence-corrected chi connectivity index (χ4v) is 4.89. The molecule has 2 aromatic rings. The van der Waals surface area contributed by atoms with Crippen LogP contribution in [-0.2, 0) is 9.84 Å².